The molecule has 1 heterocycles. The Labute approximate surface area is 278 Å². The van der Waals surface area contributed by atoms with Gasteiger partial charge in [0.05, 0.1) is 34.7 Å². The number of carboxylic acid groups (broad SMARTS) is 1. The van der Waals surface area contributed by atoms with E-state index >= 15 is 0 Å². The summed E-state index contributed by atoms with van der Waals surface area (Å²) in [6, 6.07) is 2.14. The summed E-state index contributed by atoms with van der Waals surface area (Å²) in [6.07, 6.45) is -6.22. The fourth-order valence-corrected chi connectivity index (χ4v) is 7.80. The Bertz CT molecular complexity index is 1900. The fraction of sp³-hybridized carbons (Fsp3) is 0.424. The minimum Gasteiger partial charge on any atom is -0.507 e. The lowest BCUT2D eigenvalue weighted by molar-refractivity contribution is -0.236. The number of ketones is 3. The average molecular weight is 683 g/mol. The number of rotatable bonds is 6. The number of fused-ring (bicyclic) bond motifs is 5. The van der Waals surface area contributed by atoms with Gasteiger partial charge in [0.1, 0.15) is 35.4 Å². The third-order valence-corrected chi connectivity index (χ3v) is 10.0. The van der Waals surface area contributed by atoms with Crippen LogP contribution in [0.15, 0.2) is 23.9 Å². The van der Waals surface area contributed by atoms with E-state index in [0.717, 1.165) is 19.3 Å². The number of phenols is 2. The predicted octanol–water partition coefficient (Wildman–Crippen LogP) is -0.153. The largest absolute Gasteiger partial charge is 0.507 e. The highest BCUT2D eigenvalue weighted by molar-refractivity contribution is 6.31. The first-order valence-electron chi connectivity index (χ1n) is 15.1. The Kier molecular flexibility index (Phi) is 8.07. The molecule has 16 heteroatoms. The number of aliphatic hydroxyl groups is 3. The van der Waals surface area contributed by atoms with E-state index in [2.05, 4.69) is 5.32 Å². The summed E-state index contributed by atoms with van der Waals surface area (Å²) in [5.41, 5.74) is -10.6. The molecule has 260 valence electrons. The van der Waals surface area contributed by atoms with Crippen molar-refractivity contribution in [2.45, 2.75) is 68.2 Å². The van der Waals surface area contributed by atoms with Crippen molar-refractivity contribution >= 4 is 29.0 Å². The van der Waals surface area contributed by atoms with Gasteiger partial charge in [-0.3, -0.25) is 14.4 Å². The Hall–Kier alpha value is -4.55. The van der Waals surface area contributed by atoms with Crippen LogP contribution in [0.1, 0.15) is 70.6 Å². The second kappa shape index (κ2) is 11.5. The highest BCUT2D eigenvalue weighted by Gasteiger charge is 2.72. The molecule has 1 saturated heterocycles. The molecule has 0 saturated carbocycles. The molecule has 0 bridgehead atoms. The molecule has 8 N–H and O–H groups in total. The highest BCUT2D eigenvalue weighted by atomic mass is 16.6. The lowest BCUT2D eigenvalue weighted by atomic mass is 9.56. The normalized spacial score (nSPS) is 32.1. The fourth-order valence-electron chi connectivity index (χ4n) is 7.80. The van der Waals surface area contributed by atoms with Crippen molar-refractivity contribution in [3.8, 4) is 11.5 Å². The van der Waals surface area contributed by atoms with Crippen LogP contribution in [0.3, 0.4) is 0 Å². The topological polar surface area (TPSA) is 262 Å². The summed E-state index contributed by atoms with van der Waals surface area (Å²) >= 11 is 0. The van der Waals surface area contributed by atoms with E-state index in [1.54, 1.807) is 6.92 Å². The number of aromatic hydroxyl groups is 2. The van der Waals surface area contributed by atoms with Crippen molar-refractivity contribution in [3.05, 3.63) is 68.4 Å². The van der Waals surface area contributed by atoms with Crippen LogP contribution in [0.25, 0.3) is 0 Å². The van der Waals surface area contributed by atoms with E-state index in [0.29, 0.717) is 0 Å². The van der Waals surface area contributed by atoms with Crippen LogP contribution in [-0.4, -0.2) is 123 Å². The van der Waals surface area contributed by atoms with Gasteiger partial charge in [0.2, 0.25) is 17.3 Å². The number of hydrogen-bond donors (Lipinski definition) is 8. The Morgan fingerprint density at radius 3 is 2.24 bits per heavy atom. The SMILES string of the molecule is CO[C@@H]1[C@@H](O)[C@@H](OC)[C@@H](NC2=CC(=N)c3c(cc4c(c3O)C(=O)C3(OC)C(O)Cc5cc(C)c(C(=O)O)c(O)c5C3(O)C4=O)C2=O)O[C@H]1C. The molecule has 6 rings (SSSR count). The molecule has 0 spiro atoms. The first kappa shape index (κ1) is 34.3. The van der Waals surface area contributed by atoms with Crippen LogP contribution in [0.4, 0.5) is 0 Å². The van der Waals surface area contributed by atoms with E-state index in [9.17, 15) is 49.8 Å². The van der Waals surface area contributed by atoms with E-state index in [1.165, 1.54) is 27.2 Å². The number of aromatic carboxylic acids is 1. The van der Waals surface area contributed by atoms with E-state index in [1.807, 2.05) is 0 Å². The number of nitrogens with one attached hydrogen (secondary N) is 2. The van der Waals surface area contributed by atoms with Crippen molar-refractivity contribution in [2.24, 2.45) is 0 Å². The Balaban J connectivity index is 1.51. The van der Waals surface area contributed by atoms with Gasteiger partial charge in [-0.05, 0) is 37.1 Å². The van der Waals surface area contributed by atoms with Crippen LogP contribution in [0, 0.1) is 12.3 Å². The van der Waals surface area contributed by atoms with Gasteiger partial charge < -0.3 is 60.3 Å². The number of Topliss-reactive ketones (excluding diaryl/α,β-unsaturated/α-hetero) is 3. The molecular formula is C33H34N2O14. The molecule has 0 aromatic heterocycles. The summed E-state index contributed by atoms with van der Waals surface area (Å²) in [6.45, 7) is 2.98. The average Bonchev–Trinajstić information content (AvgIpc) is 3.02. The molecule has 16 nitrogen and oxygen atoms in total. The molecule has 4 aliphatic rings. The standard InChI is InChI=1S/C33H34N2O14/c1-10-6-12-7-17(36)33(48-5)29(42)20-14(28(41)32(33,45)21(12)24(39)18(10)31(43)44)8-13-19(23(20)38)15(34)9-16(22(13)37)35-30-27(47-4)25(40)26(46-3)11(2)49-30/h6,8-9,11,17,25-27,30,34-36,38-40,45H,7H2,1-5H3,(H,43,44)/t11-,17?,25+,26-,27+,30-,32?,33?/m0/s1. The molecular weight excluding hydrogens is 648 g/mol. The van der Waals surface area contributed by atoms with Crippen molar-refractivity contribution < 1.29 is 68.8 Å². The zero-order valence-corrected chi connectivity index (χ0v) is 26.9. The van der Waals surface area contributed by atoms with E-state index < -0.39 is 128 Å². The summed E-state index contributed by atoms with van der Waals surface area (Å²) < 4.78 is 22.0. The smallest absolute Gasteiger partial charge is 0.339 e. The van der Waals surface area contributed by atoms with E-state index in [4.69, 9.17) is 24.4 Å². The summed E-state index contributed by atoms with van der Waals surface area (Å²) in [5, 5.41) is 78.6. The summed E-state index contributed by atoms with van der Waals surface area (Å²) in [7, 11) is 3.60. The predicted molar refractivity (Wildman–Crippen MR) is 164 cm³/mol. The Morgan fingerprint density at radius 1 is 1.00 bits per heavy atom. The van der Waals surface area contributed by atoms with Crippen molar-refractivity contribution in [2.75, 3.05) is 21.3 Å². The Morgan fingerprint density at radius 2 is 1.65 bits per heavy atom. The second-order valence-electron chi connectivity index (χ2n) is 12.5. The van der Waals surface area contributed by atoms with Crippen LogP contribution >= 0.6 is 0 Å². The number of allylic oxidation sites excluding steroid dienone is 2. The molecule has 0 amide bonds. The number of ether oxygens (including phenoxy) is 4. The number of benzene rings is 2. The number of aliphatic hydroxyl groups excluding tert-OH is 2. The third-order valence-electron chi connectivity index (χ3n) is 10.0. The monoisotopic (exact) mass is 682 g/mol. The first-order chi connectivity index (χ1) is 23.0. The first-order valence-corrected chi connectivity index (χ1v) is 15.1. The van der Waals surface area contributed by atoms with Gasteiger partial charge in [-0.1, -0.05) is 6.07 Å². The number of hydrogen-bond acceptors (Lipinski definition) is 15. The van der Waals surface area contributed by atoms with Gasteiger partial charge in [-0.2, -0.15) is 0 Å². The lowest BCUT2D eigenvalue weighted by Crippen LogP contribution is -2.73. The van der Waals surface area contributed by atoms with Crippen LogP contribution < -0.4 is 5.32 Å². The zero-order chi connectivity index (χ0) is 36.1. The lowest BCUT2D eigenvalue weighted by Gasteiger charge is -2.52. The van der Waals surface area contributed by atoms with Crippen LogP contribution in [-0.2, 0) is 31.0 Å². The minimum absolute atomic E-state index is 0.0411. The molecule has 1 aliphatic heterocycles. The van der Waals surface area contributed by atoms with Gasteiger partial charge in [-0.15, -0.1) is 0 Å². The maximum absolute atomic E-state index is 14.5. The molecule has 2 aromatic rings. The van der Waals surface area contributed by atoms with Gasteiger partial charge in [0.25, 0.3) is 0 Å². The molecule has 49 heavy (non-hydrogen) atoms. The maximum Gasteiger partial charge on any atom is 0.339 e. The number of carbonyl (C=O) groups is 4. The molecule has 1 fully saturated rings. The number of carboxylic acids is 1. The van der Waals surface area contributed by atoms with Gasteiger partial charge in [0.15, 0.2) is 17.4 Å². The van der Waals surface area contributed by atoms with Crippen molar-refractivity contribution in [3.63, 3.8) is 0 Å². The maximum atomic E-state index is 14.5. The molecule has 8 atom stereocenters. The van der Waals surface area contributed by atoms with E-state index in [-0.39, 0.29) is 16.8 Å². The number of phenolic OH excluding ortho intramolecular Hbond substituents is 1. The summed E-state index contributed by atoms with van der Waals surface area (Å²) in [4.78, 5) is 54.9. The van der Waals surface area contributed by atoms with Gasteiger partial charge >= 0.3 is 5.97 Å². The van der Waals surface area contributed by atoms with Crippen molar-refractivity contribution in [1.82, 2.24) is 5.32 Å². The minimum atomic E-state index is -3.25. The number of aryl methyl sites for hydroxylation is 1. The summed E-state index contributed by atoms with van der Waals surface area (Å²) in [5.74, 6) is -7.23. The van der Waals surface area contributed by atoms with Gasteiger partial charge in [-0.25, -0.2) is 4.79 Å². The van der Waals surface area contributed by atoms with Crippen LogP contribution in [0.5, 0.6) is 11.5 Å². The van der Waals surface area contributed by atoms with Crippen molar-refractivity contribution in [1.29, 1.82) is 5.41 Å². The molecule has 3 unspecified atom stereocenters. The second-order valence-corrected chi connectivity index (χ2v) is 12.5. The zero-order valence-electron chi connectivity index (χ0n) is 26.9. The number of methoxy groups -OCH3 is 3. The van der Waals surface area contributed by atoms with Gasteiger partial charge in [0, 0.05) is 44.4 Å². The quantitative estimate of drug-likeness (QED) is 0.197. The third kappa shape index (κ3) is 4.32. The molecule has 3 aliphatic carbocycles. The van der Waals surface area contributed by atoms with Crippen LogP contribution in [0.2, 0.25) is 0 Å². The molecule has 2 aromatic carbocycles. The number of carbonyl (C=O) groups excluding carboxylic acids is 3. The highest BCUT2D eigenvalue weighted by Crippen LogP contribution is 2.56. The molecule has 0 radical (unpaired) electrons.